The van der Waals surface area contributed by atoms with Gasteiger partial charge in [-0.05, 0) is 42.0 Å². The van der Waals surface area contributed by atoms with E-state index in [0.29, 0.717) is 12.2 Å². The minimum absolute atomic E-state index is 0.109. The third-order valence-electron chi connectivity index (χ3n) is 3.06. The molecule has 0 atom stereocenters. The lowest BCUT2D eigenvalue weighted by Crippen LogP contribution is -2.27. The van der Waals surface area contributed by atoms with Crippen LogP contribution in [0, 0.1) is 0 Å². The number of carbonyl (C=O) groups excluding carboxylic acids is 1. The van der Waals surface area contributed by atoms with Crippen LogP contribution in [-0.2, 0) is 21.6 Å². The average molecular weight is 335 g/mol. The minimum atomic E-state index is -4.05. The van der Waals surface area contributed by atoms with Crippen molar-refractivity contribution in [1.29, 1.82) is 0 Å². The molecule has 122 valence electrons. The molecule has 2 rings (SSSR count). The molecule has 0 aliphatic carbocycles. The van der Waals surface area contributed by atoms with Gasteiger partial charge in [0.2, 0.25) is 5.91 Å². The van der Waals surface area contributed by atoms with Gasteiger partial charge in [0.25, 0.3) is 0 Å². The standard InChI is InChI=1S/C15H17N3O4S/c1-11(19)18(14-6-4-13(16)5-7-14)10-12-2-8-15(9-3-12)22-23(17,20)21/h2-9H,10,16H2,1H3,(H2,17,20,21). The predicted octanol–water partition coefficient (Wildman–Crippen LogP) is 1.40. The molecular weight excluding hydrogens is 318 g/mol. The van der Waals surface area contributed by atoms with Crippen LogP contribution in [0.2, 0.25) is 0 Å². The second-order valence-electron chi connectivity index (χ2n) is 4.92. The van der Waals surface area contributed by atoms with Crippen LogP contribution in [0.25, 0.3) is 0 Å². The molecule has 8 heteroatoms. The van der Waals surface area contributed by atoms with Crippen molar-refractivity contribution in [2.24, 2.45) is 5.14 Å². The zero-order chi connectivity index (χ0) is 17.0. The number of anilines is 2. The van der Waals surface area contributed by atoms with Crippen molar-refractivity contribution in [2.75, 3.05) is 10.6 Å². The van der Waals surface area contributed by atoms with Crippen molar-refractivity contribution in [3.8, 4) is 5.75 Å². The van der Waals surface area contributed by atoms with Gasteiger partial charge in [-0.15, -0.1) is 0 Å². The van der Waals surface area contributed by atoms with Gasteiger partial charge in [-0.3, -0.25) is 4.79 Å². The summed E-state index contributed by atoms with van der Waals surface area (Å²) in [6, 6.07) is 13.2. The van der Waals surface area contributed by atoms with E-state index in [1.54, 1.807) is 41.3 Å². The van der Waals surface area contributed by atoms with Gasteiger partial charge in [-0.25, -0.2) is 0 Å². The molecule has 1 amide bonds. The molecule has 0 aliphatic rings. The maximum Gasteiger partial charge on any atom is 0.380 e. The smallest absolute Gasteiger partial charge is 0.380 e. The first-order chi connectivity index (χ1) is 10.7. The maximum atomic E-state index is 11.9. The van der Waals surface area contributed by atoms with Gasteiger partial charge in [-0.2, -0.15) is 13.6 Å². The second kappa shape index (κ2) is 6.67. The summed E-state index contributed by atoms with van der Waals surface area (Å²) in [7, 11) is -4.05. The highest BCUT2D eigenvalue weighted by molar-refractivity contribution is 7.84. The zero-order valence-electron chi connectivity index (χ0n) is 12.5. The van der Waals surface area contributed by atoms with E-state index in [-0.39, 0.29) is 11.7 Å². The lowest BCUT2D eigenvalue weighted by molar-refractivity contribution is -0.116. The quantitative estimate of drug-likeness (QED) is 0.801. The van der Waals surface area contributed by atoms with Crippen molar-refractivity contribution < 1.29 is 17.4 Å². The molecule has 2 aromatic carbocycles. The zero-order valence-corrected chi connectivity index (χ0v) is 13.3. The van der Waals surface area contributed by atoms with E-state index >= 15 is 0 Å². The number of rotatable bonds is 5. The van der Waals surface area contributed by atoms with Crippen LogP contribution in [0.15, 0.2) is 48.5 Å². The number of carbonyl (C=O) groups is 1. The SMILES string of the molecule is CC(=O)N(Cc1ccc(OS(N)(=O)=O)cc1)c1ccc(N)cc1. The summed E-state index contributed by atoms with van der Waals surface area (Å²) in [5.74, 6) is -0.0160. The Morgan fingerprint density at radius 3 is 2.13 bits per heavy atom. The number of nitrogen functional groups attached to an aromatic ring is 1. The summed E-state index contributed by atoms with van der Waals surface area (Å²) in [5.41, 5.74) is 7.78. The van der Waals surface area contributed by atoms with Gasteiger partial charge >= 0.3 is 10.3 Å². The van der Waals surface area contributed by atoms with Gasteiger partial charge < -0.3 is 14.8 Å². The molecule has 7 nitrogen and oxygen atoms in total. The van der Waals surface area contributed by atoms with Crippen LogP contribution >= 0.6 is 0 Å². The Morgan fingerprint density at radius 2 is 1.65 bits per heavy atom. The Balaban J connectivity index is 2.17. The first-order valence-corrected chi connectivity index (χ1v) is 8.16. The number of hydrogen-bond acceptors (Lipinski definition) is 5. The molecule has 0 saturated carbocycles. The van der Waals surface area contributed by atoms with Crippen molar-refractivity contribution in [1.82, 2.24) is 0 Å². The molecule has 2 aromatic rings. The van der Waals surface area contributed by atoms with E-state index in [2.05, 4.69) is 4.18 Å². The number of hydrogen-bond donors (Lipinski definition) is 2. The molecule has 0 bridgehead atoms. The van der Waals surface area contributed by atoms with Crippen LogP contribution < -0.4 is 20.0 Å². The predicted molar refractivity (Wildman–Crippen MR) is 87.9 cm³/mol. The monoisotopic (exact) mass is 335 g/mol. The van der Waals surface area contributed by atoms with Crippen molar-refractivity contribution in [3.63, 3.8) is 0 Å². The molecule has 0 aliphatic heterocycles. The van der Waals surface area contributed by atoms with Gasteiger partial charge in [0.1, 0.15) is 5.75 Å². The number of benzene rings is 2. The highest BCUT2D eigenvalue weighted by Gasteiger charge is 2.12. The van der Waals surface area contributed by atoms with Crippen LogP contribution in [-0.4, -0.2) is 14.3 Å². The largest absolute Gasteiger partial charge is 0.399 e. The van der Waals surface area contributed by atoms with Gasteiger partial charge in [0, 0.05) is 18.3 Å². The molecule has 0 spiro atoms. The van der Waals surface area contributed by atoms with Crippen molar-refractivity contribution in [3.05, 3.63) is 54.1 Å². The van der Waals surface area contributed by atoms with E-state index in [9.17, 15) is 13.2 Å². The van der Waals surface area contributed by atoms with Crippen LogP contribution in [0.3, 0.4) is 0 Å². The second-order valence-corrected chi connectivity index (χ2v) is 6.07. The Hall–Kier alpha value is -2.58. The van der Waals surface area contributed by atoms with E-state index in [4.69, 9.17) is 10.9 Å². The molecule has 0 aromatic heterocycles. The third kappa shape index (κ3) is 4.97. The normalized spacial score (nSPS) is 11.0. The Morgan fingerprint density at radius 1 is 1.09 bits per heavy atom. The molecule has 0 unspecified atom stereocenters. The molecule has 0 radical (unpaired) electrons. The van der Waals surface area contributed by atoms with Gasteiger partial charge in [0.15, 0.2) is 0 Å². The lowest BCUT2D eigenvalue weighted by atomic mass is 10.2. The van der Waals surface area contributed by atoms with E-state index in [0.717, 1.165) is 11.3 Å². The Bertz CT molecular complexity index is 786. The Labute approximate surface area is 134 Å². The fourth-order valence-corrected chi connectivity index (χ4v) is 2.39. The van der Waals surface area contributed by atoms with Crippen LogP contribution in [0.1, 0.15) is 12.5 Å². The summed E-state index contributed by atoms with van der Waals surface area (Å²) in [6.07, 6.45) is 0. The minimum Gasteiger partial charge on any atom is -0.399 e. The van der Waals surface area contributed by atoms with E-state index < -0.39 is 10.3 Å². The summed E-state index contributed by atoms with van der Waals surface area (Å²) in [4.78, 5) is 13.4. The number of amides is 1. The number of nitrogens with zero attached hydrogens (tertiary/aromatic N) is 1. The van der Waals surface area contributed by atoms with Gasteiger partial charge in [0.05, 0.1) is 6.54 Å². The third-order valence-corrected chi connectivity index (χ3v) is 3.49. The highest BCUT2D eigenvalue weighted by atomic mass is 32.2. The lowest BCUT2D eigenvalue weighted by Gasteiger charge is -2.21. The first-order valence-electron chi connectivity index (χ1n) is 6.69. The van der Waals surface area contributed by atoms with Crippen molar-refractivity contribution in [2.45, 2.75) is 13.5 Å². The molecule has 0 heterocycles. The Kier molecular flexibility index (Phi) is 4.87. The first kappa shape index (κ1) is 16.8. The van der Waals surface area contributed by atoms with E-state index in [1.165, 1.54) is 19.1 Å². The molecule has 4 N–H and O–H groups in total. The molecule has 0 fully saturated rings. The summed E-state index contributed by atoms with van der Waals surface area (Å²) >= 11 is 0. The fraction of sp³-hybridized carbons (Fsp3) is 0.133. The molecule has 23 heavy (non-hydrogen) atoms. The highest BCUT2D eigenvalue weighted by Crippen LogP contribution is 2.21. The average Bonchev–Trinajstić information content (AvgIpc) is 2.46. The fourth-order valence-electron chi connectivity index (χ4n) is 2.01. The van der Waals surface area contributed by atoms with Gasteiger partial charge in [-0.1, -0.05) is 12.1 Å². The van der Waals surface area contributed by atoms with Crippen LogP contribution in [0.5, 0.6) is 5.75 Å². The summed E-state index contributed by atoms with van der Waals surface area (Å²) in [5, 5.41) is 4.80. The number of nitrogens with two attached hydrogens (primary N) is 2. The molecule has 0 saturated heterocycles. The molecular formula is C15H17N3O4S. The maximum absolute atomic E-state index is 11.9. The van der Waals surface area contributed by atoms with Crippen molar-refractivity contribution >= 4 is 27.6 Å². The summed E-state index contributed by atoms with van der Waals surface area (Å²) in [6.45, 7) is 1.80. The van der Waals surface area contributed by atoms with E-state index in [1.807, 2.05) is 0 Å². The summed E-state index contributed by atoms with van der Waals surface area (Å²) < 4.78 is 26.3. The topological polar surface area (TPSA) is 116 Å². The van der Waals surface area contributed by atoms with Crippen LogP contribution in [0.4, 0.5) is 11.4 Å².